The van der Waals surface area contributed by atoms with Crippen molar-refractivity contribution in [1.29, 1.82) is 0 Å². The summed E-state index contributed by atoms with van der Waals surface area (Å²) in [7, 11) is 1.59. The molecule has 0 aliphatic rings. The van der Waals surface area contributed by atoms with Gasteiger partial charge < -0.3 is 9.47 Å². The third-order valence-electron chi connectivity index (χ3n) is 4.03. The van der Waals surface area contributed by atoms with Gasteiger partial charge in [-0.25, -0.2) is 14.8 Å². The molecule has 0 fully saturated rings. The van der Waals surface area contributed by atoms with Gasteiger partial charge in [-0.2, -0.15) is 0 Å². The van der Waals surface area contributed by atoms with E-state index in [2.05, 4.69) is 20.8 Å². The minimum Gasteiger partial charge on any atom is -0.497 e. The third kappa shape index (κ3) is 4.20. The van der Waals surface area contributed by atoms with E-state index in [-0.39, 0.29) is 12.3 Å². The van der Waals surface area contributed by atoms with Crippen molar-refractivity contribution in [2.45, 2.75) is 20.3 Å². The second kappa shape index (κ2) is 8.66. The van der Waals surface area contributed by atoms with Crippen molar-refractivity contribution < 1.29 is 19.1 Å². The number of hydrazine groups is 1. The molecule has 0 spiro atoms. The van der Waals surface area contributed by atoms with E-state index >= 15 is 0 Å². The standard InChI is InChI=1S/C19H20N4O4S/c1-4-27-19(25)16-11(2)15-17(20-10-21-18(15)28-16)23-22-14(24)9-12-5-7-13(26-3)8-6-12/h5-8,10H,4,9H2,1-3H3,(H,22,24)(H,20,21,23). The van der Waals surface area contributed by atoms with Gasteiger partial charge >= 0.3 is 5.97 Å². The molecule has 146 valence electrons. The van der Waals surface area contributed by atoms with Crippen LogP contribution < -0.4 is 15.6 Å². The average Bonchev–Trinajstić information content (AvgIpc) is 3.04. The lowest BCUT2D eigenvalue weighted by molar-refractivity contribution is -0.119. The maximum atomic E-state index is 12.2. The van der Waals surface area contributed by atoms with E-state index in [0.717, 1.165) is 11.3 Å². The maximum Gasteiger partial charge on any atom is 0.348 e. The van der Waals surface area contributed by atoms with Crippen molar-refractivity contribution in [2.75, 3.05) is 19.1 Å². The number of rotatable bonds is 7. The molecule has 3 rings (SSSR count). The van der Waals surface area contributed by atoms with Crippen LogP contribution >= 0.6 is 11.3 Å². The van der Waals surface area contributed by atoms with E-state index in [0.29, 0.717) is 33.1 Å². The van der Waals surface area contributed by atoms with Gasteiger partial charge in [0.15, 0.2) is 5.82 Å². The molecule has 0 radical (unpaired) electrons. The first-order chi connectivity index (χ1) is 13.5. The Morgan fingerprint density at radius 1 is 1.18 bits per heavy atom. The Balaban J connectivity index is 1.73. The number of aryl methyl sites for hydroxylation is 1. The number of aromatic nitrogens is 2. The number of hydrogen-bond donors (Lipinski definition) is 2. The number of nitrogens with zero attached hydrogens (tertiary/aromatic N) is 2. The van der Waals surface area contributed by atoms with Crippen LogP contribution in [-0.2, 0) is 16.0 Å². The number of anilines is 1. The highest BCUT2D eigenvalue weighted by atomic mass is 32.1. The number of carbonyl (C=O) groups is 2. The summed E-state index contributed by atoms with van der Waals surface area (Å²) in [5, 5.41) is 0.681. The predicted molar refractivity (Wildman–Crippen MR) is 107 cm³/mol. The summed E-state index contributed by atoms with van der Waals surface area (Å²) in [4.78, 5) is 33.9. The van der Waals surface area contributed by atoms with E-state index in [9.17, 15) is 9.59 Å². The van der Waals surface area contributed by atoms with Crippen LogP contribution in [-0.4, -0.2) is 35.6 Å². The maximum absolute atomic E-state index is 12.2. The third-order valence-corrected chi connectivity index (χ3v) is 5.21. The van der Waals surface area contributed by atoms with Gasteiger partial charge in [-0.3, -0.25) is 15.6 Å². The van der Waals surface area contributed by atoms with Crippen LogP contribution in [0.15, 0.2) is 30.6 Å². The molecule has 0 unspecified atom stereocenters. The number of methoxy groups -OCH3 is 1. The Morgan fingerprint density at radius 2 is 1.93 bits per heavy atom. The highest BCUT2D eigenvalue weighted by Crippen LogP contribution is 2.33. The summed E-state index contributed by atoms with van der Waals surface area (Å²) >= 11 is 1.24. The number of amides is 1. The largest absolute Gasteiger partial charge is 0.497 e. The molecule has 2 N–H and O–H groups in total. The molecule has 0 saturated carbocycles. The minimum atomic E-state index is -0.391. The van der Waals surface area contributed by atoms with Crippen molar-refractivity contribution in [2.24, 2.45) is 0 Å². The Hall–Kier alpha value is -3.20. The monoisotopic (exact) mass is 400 g/mol. The fourth-order valence-electron chi connectivity index (χ4n) is 2.66. The molecule has 8 nitrogen and oxygen atoms in total. The van der Waals surface area contributed by atoms with Gasteiger partial charge in [0.05, 0.1) is 25.5 Å². The molecule has 0 aliphatic carbocycles. The van der Waals surface area contributed by atoms with Crippen molar-refractivity contribution >= 4 is 39.2 Å². The molecular formula is C19H20N4O4S. The molecule has 1 aromatic carbocycles. The van der Waals surface area contributed by atoms with Gasteiger partial charge in [0.1, 0.15) is 21.8 Å². The number of thiophene rings is 1. The Bertz CT molecular complexity index is 1000. The smallest absolute Gasteiger partial charge is 0.348 e. The molecule has 2 aromatic heterocycles. The number of esters is 1. The van der Waals surface area contributed by atoms with E-state index in [1.807, 2.05) is 12.1 Å². The Morgan fingerprint density at radius 3 is 2.61 bits per heavy atom. The van der Waals surface area contributed by atoms with Gasteiger partial charge in [0.25, 0.3) is 0 Å². The van der Waals surface area contributed by atoms with Crippen LogP contribution in [0.2, 0.25) is 0 Å². The van der Waals surface area contributed by atoms with Crippen molar-refractivity contribution in [3.8, 4) is 5.75 Å². The van der Waals surface area contributed by atoms with Gasteiger partial charge in [0.2, 0.25) is 5.91 Å². The van der Waals surface area contributed by atoms with E-state index < -0.39 is 5.97 Å². The van der Waals surface area contributed by atoms with Crippen molar-refractivity contribution in [1.82, 2.24) is 15.4 Å². The van der Waals surface area contributed by atoms with Crippen LogP contribution in [0, 0.1) is 6.92 Å². The average molecular weight is 400 g/mol. The van der Waals surface area contributed by atoms with Crippen LogP contribution in [0.4, 0.5) is 5.82 Å². The Kier molecular flexibility index (Phi) is 6.05. The molecule has 28 heavy (non-hydrogen) atoms. The highest BCUT2D eigenvalue weighted by Gasteiger charge is 2.20. The minimum absolute atomic E-state index is 0.196. The second-order valence-corrected chi connectivity index (χ2v) is 6.88. The van der Waals surface area contributed by atoms with E-state index in [1.54, 1.807) is 33.1 Å². The van der Waals surface area contributed by atoms with Gasteiger partial charge in [0, 0.05) is 0 Å². The second-order valence-electron chi connectivity index (χ2n) is 5.88. The summed E-state index contributed by atoms with van der Waals surface area (Å²) in [6.45, 7) is 3.86. The lowest BCUT2D eigenvalue weighted by Gasteiger charge is -2.09. The SMILES string of the molecule is CCOC(=O)c1sc2ncnc(NNC(=O)Cc3ccc(OC)cc3)c2c1C. The summed E-state index contributed by atoms with van der Waals surface area (Å²) in [5.74, 6) is 0.543. The Labute approximate surface area is 165 Å². The van der Waals surface area contributed by atoms with Crippen LogP contribution in [0.1, 0.15) is 27.7 Å². The van der Waals surface area contributed by atoms with Crippen LogP contribution in [0.3, 0.4) is 0 Å². The molecule has 9 heteroatoms. The van der Waals surface area contributed by atoms with Gasteiger partial charge in [-0.05, 0) is 37.1 Å². The van der Waals surface area contributed by atoms with Gasteiger partial charge in [-0.15, -0.1) is 11.3 Å². The van der Waals surface area contributed by atoms with E-state index in [1.165, 1.54) is 17.7 Å². The fourth-order valence-corrected chi connectivity index (χ4v) is 3.70. The quantitative estimate of drug-likeness (QED) is 0.464. The zero-order valence-electron chi connectivity index (χ0n) is 15.7. The summed E-state index contributed by atoms with van der Waals surface area (Å²) < 4.78 is 10.2. The lowest BCUT2D eigenvalue weighted by atomic mass is 10.1. The number of fused-ring (bicyclic) bond motifs is 1. The lowest BCUT2D eigenvalue weighted by Crippen LogP contribution is -2.31. The fraction of sp³-hybridized carbons (Fsp3) is 0.263. The number of carbonyl (C=O) groups excluding carboxylic acids is 2. The first-order valence-corrected chi connectivity index (χ1v) is 9.44. The number of ether oxygens (including phenoxy) is 2. The zero-order valence-corrected chi connectivity index (χ0v) is 16.6. The van der Waals surface area contributed by atoms with Crippen molar-refractivity contribution in [3.63, 3.8) is 0 Å². The van der Waals surface area contributed by atoms with Crippen LogP contribution in [0.25, 0.3) is 10.2 Å². The molecule has 2 heterocycles. The van der Waals surface area contributed by atoms with Gasteiger partial charge in [-0.1, -0.05) is 12.1 Å². The summed E-state index contributed by atoms with van der Waals surface area (Å²) in [6.07, 6.45) is 1.58. The number of nitrogens with one attached hydrogen (secondary N) is 2. The summed E-state index contributed by atoms with van der Waals surface area (Å²) in [6, 6.07) is 7.26. The molecule has 0 aliphatic heterocycles. The number of hydrogen-bond acceptors (Lipinski definition) is 8. The number of benzene rings is 1. The van der Waals surface area contributed by atoms with Crippen LogP contribution in [0.5, 0.6) is 5.75 Å². The normalized spacial score (nSPS) is 10.5. The van der Waals surface area contributed by atoms with Crippen molar-refractivity contribution in [3.05, 3.63) is 46.6 Å². The first kappa shape index (κ1) is 19.6. The first-order valence-electron chi connectivity index (χ1n) is 8.62. The zero-order chi connectivity index (χ0) is 20.1. The predicted octanol–water partition coefficient (Wildman–Crippen LogP) is 2.87. The van der Waals surface area contributed by atoms with E-state index in [4.69, 9.17) is 9.47 Å². The molecular weight excluding hydrogens is 380 g/mol. The molecule has 0 atom stereocenters. The molecule has 0 bridgehead atoms. The molecule has 1 amide bonds. The molecule has 0 saturated heterocycles. The summed E-state index contributed by atoms with van der Waals surface area (Å²) in [5.41, 5.74) is 7.04. The topological polar surface area (TPSA) is 102 Å². The molecule has 3 aromatic rings. The highest BCUT2D eigenvalue weighted by molar-refractivity contribution is 7.20.